The second-order valence-electron chi connectivity index (χ2n) is 12.9. The van der Waals surface area contributed by atoms with Crippen molar-refractivity contribution in [3.8, 4) is 0 Å². The number of fused-ring (bicyclic) bond motifs is 4. The van der Waals surface area contributed by atoms with E-state index in [1.54, 1.807) is 0 Å². The Balaban J connectivity index is 0.00000289. The lowest BCUT2D eigenvalue weighted by Gasteiger charge is -2.41. The maximum absolute atomic E-state index is 11.4. The van der Waals surface area contributed by atoms with Crippen LogP contribution in [0.5, 0.6) is 0 Å². The highest BCUT2D eigenvalue weighted by atomic mass is 16.5. The van der Waals surface area contributed by atoms with Crippen molar-refractivity contribution in [2.75, 3.05) is 0 Å². The molecule has 1 aliphatic heterocycles. The highest BCUT2D eigenvalue weighted by Crippen LogP contribution is 2.60. The number of hydrogen-bond donors (Lipinski definition) is 2. The van der Waals surface area contributed by atoms with E-state index in [9.17, 15) is 10.2 Å². The van der Waals surface area contributed by atoms with E-state index < -0.39 is 23.2 Å². The van der Waals surface area contributed by atoms with Crippen molar-refractivity contribution >= 4 is 0 Å². The molecule has 1 spiro atoms. The predicted octanol–water partition coefficient (Wildman–Crippen LogP) is 7.52. The number of aliphatic hydroxyl groups excluding tert-OH is 2. The molecule has 1 fully saturated rings. The molecule has 0 unspecified atom stereocenters. The summed E-state index contributed by atoms with van der Waals surface area (Å²) in [7, 11) is 0. The third-order valence-electron chi connectivity index (χ3n) is 8.48. The molecule has 0 amide bonds. The molecular formula is C31H45NO3. The quantitative estimate of drug-likeness (QED) is 0.467. The summed E-state index contributed by atoms with van der Waals surface area (Å²) < 4.78 is 7.05. The van der Waals surface area contributed by atoms with E-state index in [1.807, 2.05) is 13.8 Å². The normalized spacial score (nSPS) is 26.5. The van der Waals surface area contributed by atoms with Gasteiger partial charge in [0, 0.05) is 16.8 Å². The van der Waals surface area contributed by atoms with Crippen LogP contribution in [0, 0.1) is 5.41 Å². The van der Waals surface area contributed by atoms with Crippen molar-refractivity contribution in [1.29, 1.82) is 0 Å². The van der Waals surface area contributed by atoms with Crippen LogP contribution in [0.2, 0.25) is 0 Å². The van der Waals surface area contributed by atoms with Crippen LogP contribution in [0.15, 0.2) is 24.3 Å². The topological polar surface area (TPSA) is 62.6 Å². The number of hydrogen-bond acceptors (Lipinski definition) is 4. The molecule has 4 heteroatoms. The fraction of sp³-hybridized carbons (Fsp3) is 0.645. The van der Waals surface area contributed by atoms with Crippen molar-refractivity contribution in [2.45, 2.75) is 123 Å². The van der Waals surface area contributed by atoms with Crippen LogP contribution in [-0.4, -0.2) is 15.2 Å². The molecule has 3 atom stereocenters. The summed E-state index contributed by atoms with van der Waals surface area (Å²) in [6.45, 7) is 15.1. The van der Waals surface area contributed by atoms with Crippen LogP contribution in [0.1, 0.15) is 151 Å². The van der Waals surface area contributed by atoms with Gasteiger partial charge in [0.05, 0.1) is 17.4 Å². The Hall–Kier alpha value is -1.75. The first kappa shape index (κ1) is 26.3. The third-order valence-corrected chi connectivity index (χ3v) is 8.48. The fourth-order valence-corrected chi connectivity index (χ4v) is 6.53. The van der Waals surface area contributed by atoms with Crippen molar-refractivity contribution < 1.29 is 14.9 Å². The first-order valence-electron chi connectivity index (χ1n) is 13.1. The maximum Gasteiger partial charge on any atom is 0.111 e. The summed E-state index contributed by atoms with van der Waals surface area (Å²) >= 11 is 0. The molecule has 1 saturated carbocycles. The second-order valence-corrected chi connectivity index (χ2v) is 12.9. The molecule has 2 heterocycles. The minimum atomic E-state index is -0.697. The predicted molar refractivity (Wildman–Crippen MR) is 142 cm³/mol. The number of aliphatic hydroxyl groups is 2. The Morgan fingerprint density at radius 1 is 1.00 bits per heavy atom. The number of rotatable bonds is 2. The molecule has 2 aliphatic carbocycles. The first-order valence-corrected chi connectivity index (χ1v) is 13.1. The third kappa shape index (κ3) is 4.06. The van der Waals surface area contributed by atoms with Crippen LogP contribution in [0.4, 0.5) is 0 Å². The molecule has 0 radical (unpaired) electrons. The first-order chi connectivity index (χ1) is 15.9. The number of pyridine rings is 1. The van der Waals surface area contributed by atoms with Gasteiger partial charge in [-0.25, -0.2) is 0 Å². The van der Waals surface area contributed by atoms with Crippen molar-refractivity contribution in [1.82, 2.24) is 4.98 Å². The van der Waals surface area contributed by atoms with E-state index in [0.717, 1.165) is 53.6 Å². The second kappa shape index (κ2) is 8.68. The van der Waals surface area contributed by atoms with E-state index in [0.29, 0.717) is 12.1 Å². The number of ether oxygens (including phenoxy) is 1. The Labute approximate surface area is 212 Å². The average molecular weight is 480 g/mol. The van der Waals surface area contributed by atoms with Gasteiger partial charge in [-0.2, -0.15) is 0 Å². The van der Waals surface area contributed by atoms with E-state index in [-0.39, 0.29) is 24.9 Å². The molecule has 2 aromatic rings. The van der Waals surface area contributed by atoms with Crippen molar-refractivity contribution in [2.24, 2.45) is 5.41 Å². The fourth-order valence-electron chi connectivity index (χ4n) is 6.53. The molecule has 0 bridgehead atoms. The van der Waals surface area contributed by atoms with Crippen LogP contribution >= 0.6 is 0 Å². The zero-order valence-corrected chi connectivity index (χ0v) is 21.9. The zero-order valence-electron chi connectivity index (χ0n) is 21.9. The molecule has 2 N–H and O–H groups in total. The Kier molecular flexibility index (Phi) is 6.52. The van der Waals surface area contributed by atoms with E-state index in [2.05, 4.69) is 58.9 Å². The van der Waals surface area contributed by atoms with Gasteiger partial charge >= 0.3 is 0 Å². The van der Waals surface area contributed by atoms with Gasteiger partial charge in [0.2, 0.25) is 0 Å². The maximum atomic E-state index is 11.4. The van der Waals surface area contributed by atoms with Crippen LogP contribution in [0.25, 0.3) is 0 Å². The summed E-state index contributed by atoms with van der Waals surface area (Å²) in [4.78, 5) is 5.11. The summed E-state index contributed by atoms with van der Waals surface area (Å²) in [5.41, 5.74) is 6.53. The average Bonchev–Trinajstić information content (AvgIpc) is 3.36. The molecule has 4 nitrogen and oxygen atoms in total. The minimum absolute atomic E-state index is 0. The lowest BCUT2D eigenvalue weighted by Crippen LogP contribution is -2.35. The molecule has 1 aromatic heterocycles. The van der Waals surface area contributed by atoms with Gasteiger partial charge in [0.15, 0.2) is 0 Å². The van der Waals surface area contributed by atoms with E-state index >= 15 is 0 Å². The van der Waals surface area contributed by atoms with Crippen molar-refractivity contribution in [3.63, 3.8) is 0 Å². The summed E-state index contributed by atoms with van der Waals surface area (Å²) in [6.07, 6.45) is 3.14. The van der Waals surface area contributed by atoms with Gasteiger partial charge in [-0.3, -0.25) is 4.98 Å². The van der Waals surface area contributed by atoms with E-state index in [1.165, 1.54) is 5.56 Å². The molecule has 5 rings (SSSR count). The van der Waals surface area contributed by atoms with Crippen LogP contribution in [0.3, 0.4) is 0 Å². The molecular weight excluding hydrogens is 434 g/mol. The lowest BCUT2D eigenvalue weighted by atomic mass is 9.69. The summed E-state index contributed by atoms with van der Waals surface area (Å²) in [6, 6.07) is 8.86. The number of benzene rings is 1. The Morgan fingerprint density at radius 2 is 1.60 bits per heavy atom. The molecule has 3 aliphatic rings. The number of nitrogens with zero attached hydrogens (tertiary/aromatic N) is 1. The smallest absolute Gasteiger partial charge is 0.111 e. The van der Waals surface area contributed by atoms with Gasteiger partial charge in [0.1, 0.15) is 12.2 Å². The minimum Gasteiger partial charge on any atom is -0.388 e. The molecule has 1 aromatic carbocycles. The Bertz CT molecular complexity index is 1090. The highest BCUT2D eigenvalue weighted by molar-refractivity contribution is 5.55. The summed E-state index contributed by atoms with van der Waals surface area (Å²) in [5, 5.41) is 22.8. The van der Waals surface area contributed by atoms with Gasteiger partial charge in [-0.15, -0.1) is 0 Å². The zero-order chi connectivity index (χ0) is 24.6. The Morgan fingerprint density at radius 3 is 2.14 bits per heavy atom. The monoisotopic (exact) mass is 479 g/mol. The molecule has 0 saturated heterocycles. The van der Waals surface area contributed by atoms with Crippen LogP contribution < -0.4 is 0 Å². The highest BCUT2D eigenvalue weighted by Gasteiger charge is 2.54. The van der Waals surface area contributed by atoms with Gasteiger partial charge in [-0.1, -0.05) is 93.0 Å². The molecule has 192 valence electrons. The van der Waals surface area contributed by atoms with Crippen LogP contribution in [-0.2, 0) is 15.8 Å². The van der Waals surface area contributed by atoms with Gasteiger partial charge in [-0.05, 0) is 52.7 Å². The molecule has 35 heavy (non-hydrogen) atoms. The standard InChI is InChI=1S/C30H41NO3.CH4/c1-17(2)24-22-23(21-20(32)16-29(6,7)27(33)25(21)31-24)30(14-8-9-15-30)34-26(22)18-10-12-19(13-11-18)28(3,4)5;/h10-13,17,20,26-27,32-33H,8-9,14-16H2,1-7H3;1H4/t20-,26+,27-;/m0./s1. The lowest BCUT2D eigenvalue weighted by molar-refractivity contribution is -0.0598. The number of aromatic nitrogens is 1. The van der Waals surface area contributed by atoms with Gasteiger partial charge in [0.25, 0.3) is 0 Å². The van der Waals surface area contributed by atoms with Crippen molar-refractivity contribution in [3.05, 3.63) is 63.5 Å². The van der Waals surface area contributed by atoms with Gasteiger partial charge < -0.3 is 14.9 Å². The largest absolute Gasteiger partial charge is 0.388 e. The van der Waals surface area contributed by atoms with E-state index in [4.69, 9.17) is 9.72 Å². The summed E-state index contributed by atoms with van der Waals surface area (Å²) in [5.74, 6) is 0.185. The SMILES string of the molecule is C.CC(C)c1nc2c(c3c1[C@@H](c1ccc(C(C)(C)C)cc1)OC31CCCC1)[C@@H](O)CC(C)(C)[C@H]2O.